The molecule has 0 bridgehead atoms. The van der Waals surface area contributed by atoms with E-state index >= 15 is 0 Å². The highest BCUT2D eigenvalue weighted by Crippen LogP contribution is 2.05. The lowest BCUT2D eigenvalue weighted by molar-refractivity contribution is 0.639. The van der Waals surface area contributed by atoms with E-state index in [1.165, 1.54) is 10.8 Å². The summed E-state index contributed by atoms with van der Waals surface area (Å²) in [6, 6.07) is 14.4. The maximum Gasteiger partial charge on any atom is 0.333 e. The molecule has 0 saturated heterocycles. The Morgan fingerprint density at radius 2 is 1.82 bits per heavy atom. The minimum atomic E-state index is -0.526. The summed E-state index contributed by atoms with van der Waals surface area (Å²) in [4.78, 5) is 29.1. The fraction of sp³-hybridized carbons (Fsp3) is 0.125. The van der Waals surface area contributed by atoms with Crippen LogP contribution in [0.5, 0.6) is 0 Å². The summed E-state index contributed by atoms with van der Waals surface area (Å²) in [6.07, 6.45) is 1.50. The Labute approximate surface area is 125 Å². The Morgan fingerprint density at radius 3 is 2.55 bits per heavy atom. The Bertz CT molecular complexity index is 981. The summed E-state index contributed by atoms with van der Waals surface area (Å²) in [6.45, 7) is 0.0101. The summed E-state index contributed by atoms with van der Waals surface area (Å²) < 4.78 is 2.36. The third-order valence-electron chi connectivity index (χ3n) is 3.39. The molecule has 0 radical (unpaired) electrons. The Hall–Kier alpha value is -3.20. The molecule has 22 heavy (non-hydrogen) atoms. The highest BCUT2D eigenvalue weighted by molar-refractivity contribution is 5.73. The Morgan fingerprint density at radius 1 is 1.05 bits per heavy atom. The van der Waals surface area contributed by atoms with E-state index in [-0.39, 0.29) is 18.7 Å². The number of nitriles is 1. The van der Waals surface area contributed by atoms with Crippen LogP contribution in [0.3, 0.4) is 0 Å². The molecule has 108 valence electrons. The molecule has 0 N–H and O–H groups in total. The first kappa shape index (κ1) is 13.8. The zero-order chi connectivity index (χ0) is 15.5. The van der Waals surface area contributed by atoms with Crippen LogP contribution >= 0.6 is 0 Å². The van der Waals surface area contributed by atoms with Crippen molar-refractivity contribution in [3.8, 4) is 6.07 Å². The average Bonchev–Trinajstić information content (AvgIpc) is 2.56. The number of hydrogen-bond acceptors (Lipinski definition) is 4. The highest BCUT2D eigenvalue weighted by atomic mass is 16.2. The van der Waals surface area contributed by atoms with Crippen LogP contribution in [-0.2, 0) is 13.1 Å². The molecule has 0 aliphatic carbocycles. The number of benzene rings is 1. The number of rotatable bonds is 3. The predicted molar refractivity (Wildman–Crippen MR) is 81.4 cm³/mol. The standard InChI is InChI=1S/C16H12N4O2/c17-8-10-19-14-13(7-4-9-18-14)15(21)20(16(19)22)11-12-5-2-1-3-6-12/h1-7,9H,10-11H2. The van der Waals surface area contributed by atoms with Crippen molar-refractivity contribution in [3.63, 3.8) is 0 Å². The van der Waals surface area contributed by atoms with Crippen LogP contribution in [0.15, 0.2) is 58.3 Å². The molecule has 3 rings (SSSR count). The van der Waals surface area contributed by atoms with Gasteiger partial charge in [-0.15, -0.1) is 0 Å². The van der Waals surface area contributed by atoms with Gasteiger partial charge < -0.3 is 0 Å². The van der Waals surface area contributed by atoms with Gasteiger partial charge in [0.25, 0.3) is 5.56 Å². The lowest BCUT2D eigenvalue weighted by Crippen LogP contribution is -2.40. The normalized spacial score (nSPS) is 10.5. The number of nitrogens with zero attached hydrogens (tertiary/aromatic N) is 4. The predicted octanol–water partition coefficient (Wildman–Crippen LogP) is 1.13. The molecule has 2 aromatic heterocycles. The van der Waals surface area contributed by atoms with Gasteiger partial charge in [-0.3, -0.25) is 13.9 Å². The molecule has 0 aliphatic rings. The highest BCUT2D eigenvalue weighted by Gasteiger charge is 2.13. The zero-order valence-corrected chi connectivity index (χ0v) is 11.6. The van der Waals surface area contributed by atoms with Crippen LogP contribution in [-0.4, -0.2) is 14.1 Å². The molecule has 2 heterocycles. The molecule has 0 atom stereocenters. The number of fused-ring (bicyclic) bond motifs is 1. The second kappa shape index (κ2) is 5.66. The lowest BCUT2D eigenvalue weighted by atomic mass is 10.2. The quantitative estimate of drug-likeness (QED) is 0.724. The molecule has 6 nitrogen and oxygen atoms in total. The van der Waals surface area contributed by atoms with Crippen LogP contribution in [0.25, 0.3) is 11.0 Å². The Kier molecular flexibility index (Phi) is 3.54. The van der Waals surface area contributed by atoms with Crippen molar-refractivity contribution >= 4 is 11.0 Å². The first-order valence-corrected chi connectivity index (χ1v) is 6.71. The third kappa shape index (κ3) is 2.29. The van der Waals surface area contributed by atoms with E-state index in [4.69, 9.17) is 5.26 Å². The van der Waals surface area contributed by atoms with E-state index in [9.17, 15) is 9.59 Å². The molecule has 0 spiro atoms. The molecule has 0 unspecified atom stereocenters. The molecule has 3 aromatic rings. The minimum absolute atomic E-state index is 0.151. The van der Waals surface area contributed by atoms with Crippen molar-refractivity contribution in [1.82, 2.24) is 14.1 Å². The maximum atomic E-state index is 12.5. The van der Waals surface area contributed by atoms with E-state index in [1.807, 2.05) is 36.4 Å². The second-order valence-electron chi connectivity index (χ2n) is 4.78. The van der Waals surface area contributed by atoms with Gasteiger partial charge in [0.15, 0.2) is 0 Å². The summed E-state index contributed by atoms with van der Waals surface area (Å²) in [5, 5.41) is 9.26. The van der Waals surface area contributed by atoms with E-state index in [1.54, 1.807) is 12.1 Å². The molecule has 0 fully saturated rings. The smallest absolute Gasteiger partial charge is 0.268 e. The topological polar surface area (TPSA) is 80.7 Å². The van der Waals surface area contributed by atoms with Crippen molar-refractivity contribution < 1.29 is 0 Å². The summed E-state index contributed by atoms with van der Waals surface area (Å²) >= 11 is 0. The van der Waals surface area contributed by atoms with Gasteiger partial charge in [0, 0.05) is 6.20 Å². The minimum Gasteiger partial charge on any atom is -0.268 e. The summed E-state index contributed by atoms with van der Waals surface area (Å²) in [7, 11) is 0. The first-order chi connectivity index (χ1) is 10.7. The monoisotopic (exact) mass is 292 g/mol. The van der Waals surface area contributed by atoms with Gasteiger partial charge in [0.2, 0.25) is 0 Å². The number of aromatic nitrogens is 3. The first-order valence-electron chi connectivity index (χ1n) is 6.71. The largest absolute Gasteiger partial charge is 0.333 e. The fourth-order valence-electron chi connectivity index (χ4n) is 2.37. The SMILES string of the molecule is N#CCn1c(=O)n(Cc2ccccc2)c(=O)c2cccnc21. The van der Waals surface area contributed by atoms with Gasteiger partial charge in [0.1, 0.15) is 12.2 Å². The molecule has 1 aromatic carbocycles. The van der Waals surface area contributed by atoms with E-state index in [2.05, 4.69) is 4.98 Å². The molecule has 6 heteroatoms. The molecule has 0 amide bonds. The fourth-order valence-corrected chi connectivity index (χ4v) is 2.37. The summed E-state index contributed by atoms with van der Waals surface area (Å²) in [5.41, 5.74) is 0.157. The molecule has 0 saturated carbocycles. The maximum absolute atomic E-state index is 12.5. The van der Waals surface area contributed by atoms with E-state index in [0.717, 1.165) is 10.1 Å². The lowest BCUT2D eigenvalue weighted by Gasteiger charge is -2.11. The van der Waals surface area contributed by atoms with Crippen molar-refractivity contribution in [2.24, 2.45) is 0 Å². The van der Waals surface area contributed by atoms with Crippen LogP contribution in [0, 0.1) is 11.3 Å². The van der Waals surface area contributed by atoms with Crippen LogP contribution in [0.1, 0.15) is 5.56 Å². The zero-order valence-electron chi connectivity index (χ0n) is 11.6. The second-order valence-corrected chi connectivity index (χ2v) is 4.78. The van der Waals surface area contributed by atoms with Gasteiger partial charge in [-0.05, 0) is 17.7 Å². The molecular formula is C16H12N4O2. The van der Waals surface area contributed by atoms with E-state index in [0.29, 0.717) is 5.39 Å². The van der Waals surface area contributed by atoms with Crippen molar-refractivity contribution in [3.05, 3.63) is 75.1 Å². The van der Waals surface area contributed by atoms with Crippen molar-refractivity contribution in [2.45, 2.75) is 13.1 Å². The Balaban J connectivity index is 2.29. The van der Waals surface area contributed by atoms with Crippen LogP contribution in [0.4, 0.5) is 0 Å². The third-order valence-corrected chi connectivity index (χ3v) is 3.39. The van der Waals surface area contributed by atoms with Gasteiger partial charge in [0.05, 0.1) is 18.0 Å². The van der Waals surface area contributed by atoms with Crippen molar-refractivity contribution in [2.75, 3.05) is 0 Å². The van der Waals surface area contributed by atoms with Crippen LogP contribution < -0.4 is 11.2 Å². The van der Waals surface area contributed by atoms with Gasteiger partial charge in [-0.2, -0.15) is 5.26 Å². The van der Waals surface area contributed by atoms with E-state index < -0.39 is 11.2 Å². The van der Waals surface area contributed by atoms with Gasteiger partial charge in [-0.25, -0.2) is 9.78 Å². The molecular weight excluding hydrogens is 280 g/mol. The van der Waals surface area contributed by atoms with Gasteiger partial charge in [-0.1, -0.05) is 30.3 Å². The van der Waals surface area contributed by atoms with Crippen molar-refractivity contribution in [1.29, 1.82) is 5.26 Å². The number of hydrogen-bond donors (Lipinski definition) is 0. The van der Waals surface area contributed by atoms with Gasteiger partial charge >= 0.3 is 5.69 Å². The molecule has 0 aliphatic heterocycles. The average molecular weight is 292 g/mol. The summed E-state index contributed by atoms with van der Waals surface area (Å²) in [5.74, 6) is 0. The number of pyridine rings is 1. The van der Waals surface area contributed by atoms with Crippen LogP contribution in [0.2, 0.25) is 0 Å².